The van der Waals surface area contributed by atoms with Gasteiger partial charge in [0.15, 0.2) is 0 Å². The highest BCUT2D eigenvalue weighted by atomic mass is 16.5. The second kappa shape index (κ2) is 8.90. The number of aromatic nitrogens is 1. The molecule has 2 aromatic rings. The van der Waals surface area contributed by atoms with E-state index in [1.807, 2.05) is 0 Å². The summed E-state index contributed by atoms with van der Waals surface area (Å²) >= 11 is 0. The average Bonchev–Trinajstić information content (AvgIpc) is 3.60. The Kier molecular flexibility index (Phi) is 6.11. The van der Waals surface area contributed by atoms with Gasteiger partial charge in [0, 0.05) is 25.0 Å². The summed E-state index contributed by atoms with van der Waals surface area (Å²) in [6.45, 7) is 9.40. The highest BCUT2D eigenvalue weighted by molar-refractivity contribution is 5.85. The zero-order valence-corrected chi connectivity index (χ0v) is 20.6. The molecule has 178 valence electrons. The van der Waals surface area contributed by atoms with Crippen LogP contribution in [-0.2, 0) is 16.1 Å². The summed E-state index contributed by atoms with van der Waals surface area (Å²) in [4.78, 5) is 18.9. The van der Waals surface area contributed by atoms with Crippen molar-refractivity contribution in [3.05, 3.63) is 35.5 Å². The minimum atomic E-state index is -0.101. The van der Waals surface area contributed by atoms with Crippen LogP contribution in [0.1, 0.15) is 76.5 Å². The van der Waals surface area contributed by atoms with Gasteiger partial charge in [0.05, 0.1) is 30.3 Å². The summed E-state index contributed by atoms with van der Waals surface area (Å²) in [6.07, 6.45) is 7.65. The van der Waals surface area contributed by atoms with Crippen LogP contribution in [0, 0.1) is 17.3 Å². The largest absolute Gasteiger partial charge is 0.490 e. The molecule has 2 aliphatic carbocycles. The normalized spacial score (nSPS) is 24.5. The molecular formula is C28H38N2O3. The quantitative estimate of drug-likeness (QED) is 0.528. The van der Waals surface area contributed by atoms with E-state index in [9.17, 15) is 4.79 Å². The molecule has 1 aromatic carbocycles. The summed E-state index contributed by atoms with van der Waals surface area (Å²) < 4.78 is 11.3. The maximum Gasteiger partial charge on any atom is 0.311 e. The second-order valence-electron chi connectivity index (χ2n) is 11.5. The van der Waals surface area contributed by atoms with Gasteiger partial charge in [0.1, 0.15) is 5.75 Å². The van der Waals surface area contributed by atoms with Crippen molar-refractivity contribution < 1.29 is 14.3 Å². The van der Waals surface area contributed by atoms with Crippen molar-refractivity contribution >= 4 is 16.9 Å². The van der Waals surface area contributed by atoms with E-state index < -0.39 is 0 Å². The first-order valence-corrected chi connectivity index (χ1v) is 12.7. The molecule has 2 heterocycles. The van der Waals surface area contributed by atoms with Gasteiger partial charge < -0.3 is 9.47 Å². The SMILES string of the molecule is COC(=O)C1CN(Cc2cc(C3CC3)c3cc(O[C@H]4CC[C@H](C(C)(C)C)CC4)ccc3n2)C1. The summed E-state index contributed by atoms with van der Waals surface area (Å²) in [7, 11) is 1.46. The molecule has 1 aliphatic heterocycles. The molecule has 2 saturated carbocycles. The number of ether oxygens (including phenoxy) is 2. The number of benzene rings is 1. The van der Waals surface area contributed by atoms with Gasteiger partial charge >= 0.3 is 5.97 Å². The van der Waals surface area contributed by atoms with Crippen molar-refractivity contribution in [1.82, 2.24) is 9.88 Å². The maximum absolute atomic E-state index is 11.7. The predicted octanol–water partition coefficient (Wildman–Crippen LogP) is 5.70. The van der Waals surface area contributed by atoms with Gasteiger partial charge in [-0.3, -0.25) is 14.7 Å². The molecule has 1 aromatic heterocycles. The van der Waals surface area contributed by atoms with E-state index >= 15 is 0 Å². The molecule has 0 N–H and O–H groups in total. The number of likely N-dealkylation sites (tertiary alicyclic amines) is 1. The standard InChI is InChI=1S/C28H38N2O3/c1-28(2,3)20-7-9-22(10-8-20)33-23-11-12-26-25(14-23)24(18-5-6-18)13-21(29-26)17-30-15-19(16-30)27(31)32-4/h11-14,18-20,22H,5-10,15-17H2,1-4H3/t20-,22-. The van der Waals surface area contributed by atoms with E-state index in [0.29, 0.717) is 17.4 Å². The molecule has 3 aliphatic rings. The Balaban J connectivity index is 1.28. The maximum atomic E-state index is 11.7. The average molecular weight is 451 g/mol. The molecule has 5 rings (SSSR count). The summed E-state index contributed by atoms with van der Waals surface area (Å²) in [5.41, 5.74) is 3.97. The number of methoxy groups -OCH3 is 1. The van der Waals surface area contributed by atoms with Crippen molar-refractivity contribution in [2.45, 2.75) is 77.9 Å². The van der Waals surface area contributed by atoms with E-state index in [0.717, 1.165) is 55.4 Å². The fraction of sp³-hybridized carbons (Fsp3) is 0.643. The lowest BCUT2D eigenvalue weighted by molar-refractivity contribution is -0.151. The zero-order valence-electron chi connectivity index (χ0n) is 20.6. The summed E-state index contributed by atoms with van der Waals surface area (Å²) in [5, 5.41) is 1.25. The van der Waals surface area contributed by atoms with Crippen LogP contribution < -0.4 is 4.74 Å². The minimum absolute atomic E-state index is 0.0107. The number of carbonyl (C=O) groups excluding carboxylic acids is 1. The number of esters is 1. The third-order valence-electron chi connectivity index (χ3n) is 7.96. The molecule has 5 nitrogen and oxygen atoms in total. The monoisotopic (exact) mass is 450 g/mol. The molecule has 0 amide bonds. The first kappa shape index (κ1) is 22.6. The van der Waals surface area contributed by atoms with Crippen LogP contribution in [0.25, 0.3) is 10.9 Å². The van der Waals surface area contributed by atoms with E-state index in [-0.39, 0.29) is 11.9 Å². The van der Waals surface area contributed by atoms with Gasteiger partial charge in [-0.2, -0.15) is 0 Å². The Morgan fingerprint density at radius 1 is 1.06 bits per heavy atom. The van der Waals surface area contributed by atoms with Crippen LogP contribution >= 0.6 is 0 Å². The number of hydrogen-bond acceptors (Lipinski definition) is 5. The molecule has 0 bridgehead atoms. The van der Waals surface area contributed by atoms with Crippen molar-refractivity contribution in [1.29, 1.82) is 0 Å². The van der Waals surface area contributed by atoms with Crippen LogP contribution in [-0.4, -0.2) is 42.2 Å². The van der Waals surface area contributed by atoms with Gasteiger partial charge in [-0.05, 0) is 85.6 Å². The van der Waals surface area contributed by atoms with Crippen LogP contribution in [0.5, 0.6) is 5.75 Å². The van der Waals surface area contributed by atoms with Crippen LogP contribution in [0.2, 0.25) is 0 Å². The van der Waals surface area contributed by atoms with Crippen molar-refractivity contribution in [2.75, 3.05) is 20.2 Å². The molecule has 0 radical (unpaired) electrons. The minimum Gasteiger partial charge on any atom is -0.490 e. The van der Waals surface area contributed by atoms with Gasteiger partial charge in [0.2, 0.25) is 0 Å². The zero-order chi connectivity index (χ0) is 23.2. The number of nitrogens with zero attached hydrogens (tertiary/aromatic N) is 2. The lowest BCUT2D eigenvalue weighted by Gasteiger charge is -2.37. The Morgan fingerprint density at radius 2 is 1.79 bits per heavy atom. The van der Waals surface area contributed by atoms with Crippen molar-refractivity contribution in [3.8, 4) is 5.75 Å². The summed E-state index contributed by atoms with van der Waals surface area (Å²) in [6, 6.07) is 8.76. The smallest absolute Gasteiger partial charge is 0.311 e. The van der Waals surface area contributed by atoms with Crippen LogP contribution in [0.3, 0.4) is 0 Å². The Labute approximate surface area is 197 Å². The Bertz CT molecular complexity index is 1010. The predicted molar refractivity (Wildman–Crippen MR) is 130 cm³/mol. The van der Waals surface area contributed by atoms with Crippen molar-refractivity contribution in [3.63, 3.8) is 0 Å². The molecule has 0 spiro atoms. The fourth-order valence-electron chi connectivity index (χ4n) is 5.66. The topological polar surface area (TPSA) is 51.7 Å². The first-order valence-electron chi connectivity index (χ1n) is 12.7. The van der Waals surface area contributed by atoms with Gasteiger partial charge in [-0.15, -0.1) is 0 Å². The van der Waals surface area contributed by atoms with Gasteiger partial charge in [-0.1, -0.05) is 20.8 Å². The molecule has 5 heteroatoms. The lowest BCUT2D eigenvalue weighted by atomic mass is 9.72. The molecule has 0 atom stereocenters. The third kappa shape index (κ3) is 5.03. The number of pyridine rings is 1. The highest BCUT2D eigenvalue weighted by Crippen LogP contribution is 2.44. The van der Waals surface area contributed by atoms with Gasteiger partial charge in [0.25, 0.3) is 0 Å². The first-order chi connectivity index (χ1) is 15.8. The van der Waals surface area contributed by atoms with E-state index in [4.69, 9.17) is 14.5 Å². The summed E-state index contributed by atoms with van der Waals surface area (Å²) in [5.74, 6) is 2.34. The van der Waals surface area contributed by atoms with E-state index in [1.54, 1.807) is 0 Å². The third-order valence-corrected chi connectivity index (χ3v) is 7.96. The molecule has 3 fully saturated rings. The second-order valence-corrected chi connectivity index (χ2v) is 11.5. The Hall–Kier alpha value is -2.14. The fourth-order valence-corrected chi connectivity index (χ4v) is 5.66. The van der Waals surface area contributed by atoms with E-state index in [2.05, 4.69) is 49.9 Å². The Morgan fingerprint density at radius 3 is 2.42 bits per heavy atom. The van der Waals surface area contributed by atoms with Gasteiger partial charge in [-0.25, -0.2) is 0 Å². The molecule has 1 saturated heterocycles. The highest BCUT2D eigenvalue weighted by Gasteiger charge is 2.34. The molecule has 0 unspecified atom stereocenters. The number of hydrogen-bond donors (Lipinski definition) is 0. The van der Waals surface area contributed by atoms with Crippen molar-refractivity contribution in [2.24, 2.45) is 17.3 Å². The number of fused-ring (bicyclic) bond motifs is 1. The number of rotatable bonds is 6. The number of carbonyl (C=O) groups is 1. The molecular weight excluding hydrogens is 412 g/mol. The molecule has 33 heavy (non-hydrogen) atoms. The van der Waals surface area contributed by atoms with E-state index in [1.165, 1.54) is 43.7 Å². The van der Waals surface area contributed by atoms with Crippen LogP contribution in [0.4, 0.5) is 0 Å². The van der Waals surface area contributed by atoms with Crippen LogP contribution in [0.15, 0.2) is 24.3 Å². The lowest BCUT2D eigenvalue weighted by Crippen LogP contribution is -2.50.